The van der Waals surface area contributed by atoms with Crippen molar-refractivity contribution in [3.8, 4) is 0 Å². The van der Waals surface area contributed by atoms with Crippen molar-refractivity contribution in [3.05, 3.63) is 92.7 Å². The van der Waals surface area contributed by atoms with Crippen LogP contribution in [0.5, 0.6) is 0 Å². The number of hydrogen-bond acceptors (Lipinski definition) is 16. The van der Waals surface area contributed by atoms with Gasteiger partial charge in [0.15, 0.2) is 23.1 Å². The molecule has 0 aromatic heterocycles. The Bertz CT molecular complexity index is 2690. The number of hydrogen-bond donors (Lipinski definition) is 0. The standard InChI is InChI=1S/2C16H23NO4.2C14H19NO4.2Mg/c2*1-4-6-7-8-9-10-13(19)14-15(20)12(5-2)17(11(3)18)16(14)21;2*1-4-6-7-8-11(17)12-13(18)10(5-2)15(9(3)16)14(12)19;;/h5,21H,4,6-10H2,1-3H3;5,20H,4,6-10H2,1-3H3;5,19H,4,6-8H2,1-3H3;5,18H,4,6-8H2,1-3H3;;/q;;;;2*+2/p-4/b2*12-5+;2*10-5+;;. The fourth-order valence-corrected chi connectivity index (χ4v) is 8.82. The summed E-state index contributed by atoms with van der Waals surface area (Å²) in [5, 5.41) is 48.2. The van der Waals surface area contributed by atoms with Gasteiger partial charge in [-0.15, -0.1) is 0 Å². The number of carbonyl (C=O) groups excluding carboxylic acids is 12. The summed E-state index contributed by atoms with van der Waals surface area (Å²) in [5.41, 5.74) is -1.54. The summed E-state index contributed by atoms with van der Waals surface area (Å²) in [4.78, 5) is 145. The van der Waals surface area contributed by atoms with Crippen molar-refractivity contribution in [2.45, 2.75) is 212 Å². The van der Waals surface area contributed by atoms with Crippen molar-refractivity contribution in [1.82, 2.24) is 19.6 Å². The van der Waals surface area contributed by atoms with E-state index in [-0.39, 0.29) is 117 Å². The van der Waals surface area contributed by atoms with Crippen LogP contribution in [0.3, 0.4) is 0 Å². The maximum Gasteiger partial charge on any atom is 2.00 e. The van der Waals surface area contributed by atoms with Gasteiger partial charge >= 0.3 is 46.1 Å². The largest absolute Gasteiger partial charge is 2.00 e. The molecule has 22 heteroatoms. The monoisotopic (exact) mass is 1160 g/mol. The zero-order valence-electron chi connectivity index (χ0n) is 50.2. The molecule has 0 radical (unpaired) electrons. The van der Waals surface area contributed by atoms with Gasteiger partial charge in [0.2, 0.25) is 35.2 Å². The maximum atomic E-state index is 12.1. The van der Waals surface area contributed by atoms with Gasteiger partial charge in [0.25, 0.3) is 11.8 Å². The van der Waals surface area contributed by atoms with Crippen LogP contribution >= 0.6 is 0 Å². The zero-order chi connectivity index (χ0) is 61.1. The molecule has 6 amide bonds. The molecule has 0 atom stereocenters. The van der Waals surface area contributed by atoms with Gasteiger partial charge in [0, 0.05) is 64.8 Å². The number of imide groups is 2. The molecule has 0 N–H and O–H groups in total. The quantitative estimate of drug-likeness (QED) is 0.0533. The Hall–Kier alpha value is -6.11. The second-order valence-electron chi connectivity index (χ2n) is 19.1. The number of nitrogens with zero attached hydrogens (tertiary/aromatic N) is 4. The van der Waals surface area contributed by atoms with Crippen LogP contribution in [-0.4, -0.2) is 136 Å². The van der Waals surface area contributed by atoms with Gasteiger partial charge in [-0.25, -0.2) is 9.80 Å². The summed E-state index contributed by atoms with van der Waals surface area (Å²) in [7, 11) is 0. The van der Waals surface area contributed by atoms with E-state index in [4.69, 9.17) is 0 Å². The Labute approximate surface area is 514 Å². The van der Waals surface area contributed by atoms with E-state index in [1.807, 2.05) is 13.8 Å². The summed E-state index contributed by atoms with van der Waals surface area (Å²) in [6.45, 7) is 19.2. The number of allylic oxidation sites excluding steroid dienone is 6. The fourth-order valence-electron chi connectivity index (χ4n) is 8.82. The molecule has 0 spiro atoms. The molecular weight excluding hydrogens is 1080 g/mol. The van der Waals surface area contributed by atoms with Gasteiger partial charge in [0.05, 0.1) is 33.7 Å². The smallest absolute Gasteiger partial charge is 0.870 e. The molecule has 0 bridgehead atoms. The average molecular weight is 1160 g/mol. The van der Waals surface area contributed by atoms with Crippen molar-refractivity contribution in [1.29, 1.82) is 0 Å². The maximum absolute atomic E-state index is 12.1. The van der Waals surface area contributed by atoms with Gasteiger partial charge in [-0.1, -0.05) is 141 Å². The first-order valence-electron chi connectivity index (χ1n) is 27.7. The number of rotatable bonds is 24. The summed E-state index contributed by atoms with van der Waals surface area (Å²) in [6.07, 6.45) is 20.8. The normalized spacial score (nSPS) is 16.8. The second kappa shape index (κ2) is 39.4. The third-order valence-electron chi connectivity index (χ3n) is 13.0. The summed E-state index contributed by atoms with van der Waals surface area (Å²) in [5.74, 6) is -9.70. The Morgan fingerprint density at radius 3 is 0.768 bits per heavy atom. The van der Waals surface area contributed by atoms with E-state index >= 15 is 0 Å². The Morgan fingerprint density at radius 1 is 0.341 bits per heavy atom. The van der Waals surface area contributed by atoms with Crippen LogP contribution in [0.4, 0.5) is 0 Å². The minimum absolute atomic E-state index is 0. The van der Waals surface area contributed by atoms with Gasteiger partial charge in [-0.05, 0) is 65.1 Å². The number of ketones is 6. The van der Waals surface area contributed by atoms with Crippen LogP contribution in [0.2, 0.25) is 0 Å². The van der Waals surface area contributed by atoms with E-state index in [0.29, 0.717) is 25.7 Å². The molecule has 82 heavy (non-hydrogen) atoms. The predicted octanol–water partition coefficient (Wildman–Crippen LogP) is 4.97. The molecular formula is C60H80Mg2N4O16. The van der Waals surface area contributed by atoms with Crippen LogP contribution in [-0.2, 0) is 57.5 Å². The molecule has 0 unspecified atom stereocenters. The molecule has 0 aromatic carbocycles. The van der Waals surface area contributed by atoms with Crippen LogP contribution in [0.15, 0.2) is 92.7 Å². The van der Waals surface area contributed by atoms with Gasteiger partial charge in [-0.3, -0.25) is 67.3 Å². The molecule has 4 aliphatic rings. The van der Waals surface area contributed by atoms with E-state index in [2.05, 4.69) is 13.8 Å². The summed E-state index contributed by atoms with van der Waals surface area (Å²) >= 11 is 0. The van der Waals surface area contributed by atoms with Crippen LogP contribution in [0.25, 0.3) is 0 Å². The predicted molar refractivity (Wildman–Crippen MR) is 300 cm³/mol. The molecule has 0 aromatic rings. The molecule has 4 aliphatic heterocycles. The van der Waals surface area contributed by atoms with E-state index < -0.39 is 93.4 Å². The molecule has 0 fully saturated rings. The van der Waals surface area contributed by atoms with E-state index in [1.54, 1.807) is 27.7 Å². The van der Waals surface area contributed by atoms with Crippen molar-refractivity contribution in [2.24, 2.45) is 0 Å². The van der Waals surface area contributed by atoms with Crippen molar-refractivity contribution in [2.75, 3.05) is 0 Å². The molecule has 0 saturated heterocycles. The summed E-state index contributed by atoms with van der Waals surface area (Å²) < 4.78 is 0. The SMILES string of the molecule is C/C=C1\C(=O)C(C(=O)CCCCC)=C([O-])N1C(C)=O.C/C=C1\C(=O)C(C(=O)CCCCCCC)=C([O-])N1C(C)=O.C/C=C1\C([O-])=C(C(=O)CCCCC)C(=O)N1C(C)=O.C/C=C1\C([O-])=C(C(=O)CCCCCCC)C(=O)N1C(C)=O.[Mg+2].[Mg+2]. The zero-order valence-corrected chi connectivity index (χ0v) is 53.0. The van der Waals surface area contributed by atoms with Gasteiger partial charge in [-0.2, -0.15) is 0 Å². The molecule has 0 saturated carbocycles. The van der Waals surface area contributed by atoms with E-state index in [0.717, 1.165) is 96.6 Å². The van der Waals surface area contributed by atoms with Crippen molar-refractivity contribution >= 4 is 116 Å². The molecule has 440 valence electrons. The number of amides is 6. The minimum Gasteiger partial charge on any atom is -0.870 e. The van der Waals surface area contributed by atoms with Crippen LogP contribution < -0.4 is 20.4 Å². The number of Topliss-reactive ketones (excluding diaryl/α,β-unsaturated/α-hetero) is 6. The van der Waals surface area contributed by atoms with Gasteiger partial charge < -0.3 is 20.4 Å². The summed E-state index contributed by atoms with van der Waals surface area (Å²) in [6, 6.07) is 0. The first-order chi connectivity index (χ1) is 37.8. The third kappa shape index (κ3) is 20.6. The Morgan fingerprint density at radius 2 is 0.561 bits per heavy atom. The van der Waals surface area contributed by atoms with E-state index in [1.165, 1.54) is 52.0 Å². The Balaban J connectivity index is 0. The average Bonchev–Trinajstić information content (AvgIpc) is 4.02. The number of unbranched alkanes of at least 4 members (excludes halogenated alkanes) is 12. The molecule has 20 nitrogen and oxygen atoms in total. The number of carbonyl (C=O) groups is 12. The minimum atomic E-state index is -0.785. The topological polar surface area (TPSA) is 310 Å². The van der Waals surface area contributed by atoms with Crippen molar-refractivity contribution in [3.63, 3.8) is 0 Å². The van der Waals surface area contributed by atoms with Crippen LogP contribution in [0.1, 0.15) is 212 Å². The fraction of sp³-hybridized carbons (Fsp3) is 0.533. The van der Waals surface area contributed by atoms with Crippen molar-refractivity contribution < 1.29 is 78.0 Å². The van der Waals surface area contributed by atoms with Crippen LogP contribution in [0, 0.1) is 0 Å². The Kier molecular flexibility index (Phi) is 37.4. The molecule has 4 heterocycles. The first kappa shape index (κ1) is 78.0. The first-order valence-corrected chi connectivity index (χ1v) is 27.7. The molecule has 4 rings (SSSR count). The third-order valence-corrected chi connectivity index (χ3v) is 13.0. The molecule has 0 aliphatic carbocycles. The van der Waals surface area contributed by atoms with Gasteiger partial charge in [0.1, 0.15) is 0 Å². The second-order valence-corrected chi connectivity index (χ2v) is 19.1. The van der Waals surface area contributed by atoms with E-state index in [9.17, 15) is 78.0 Å².